The molecule has 0 saturated carbocycles. The lowest BCUT2D eigenvalue weighted by Crippen LogP contribution is -1.97. The second kappa shape index (κ2) is 6.58. The Bertz CT molecular complexity index is 244. The lowest BCUT2D eigenvalue weighted by molar-refractivity contribution is 0.850. The number of rotatable bonds is 2. The molecule has 2 nitrogen and oxygen atoms in total. The second-order valence-electron chi connectivity index (χ2n) is 2.78. The topological polar surface area (TPSA) is 25.8 Å². The first kappa shape index (κ1) is 12.1. The van der Waals surface area contributed by atoms with E-state index in [2.05, 4.69) is 23.8 Å². The third-order valence-corrected chi connectivity index (χ3v) is 1.93. The van der Waals surface area contributed by atoms with E-state index < -0.39 is 0 Å². The zero-order valence-electron chi connectivity index (χ0n) is 9.39. The highest BCUT2D eigenvalue weighted by molar-refractivity contribution is 5.21. The first-order valence-corrected chi connectivity index (χ1v) is 5.02. The molecule has 0 unspecified atom stereocenters. The van der Waals surface area contributed by atoms with Crippen molar-refractivity contribution in [1.82, 2.24) is 9.97 Å². The van der Waals surface area contributed by atoms with Crippen LogP contribution >= 0.6 is 0 Å². The fourth-order valence-electron chi connectivity index (χ4n) is 1.08. The summed E-state index contributed by atoms with van der Waals surface area (Å²) >= 11 is 0. The maximum Gasteiger partial charge on any atom is 0.115 e. The quantitative estimate of drug-likeness (QED) is 0.699. The van der Waals surface area contributed by atoms with Crippen LogP contribution < -0.4 is 0 Å². The predicted molar refractivity (Wildman–Crippen MR) is 56.8 cm³/mol. The Morgan fingerprint density at radius 2 is 1.77 bits per heavy atom. The van der Waals surface area contributed by atoms with Crippen molar-refractivity contribution in [2.75, 3.05) is 0 Å². The van der Waals surface area contributed by atoms with Gasteiger partial charge in [0.2, 0.25) is 0 Å². The summed E-state index contributed by atoms with van der Waals surface area (Å²) in [4.78, 5) is 8.33. The molecule has 0 spiro atoms. The van der Waals surface area contributed by atoms with Crippen LogP contribution in [0, 0.1) is 13.8 Å². The highest BCUT2D eigenvalue weighted by atomic mass is 14.8. The van der Waals surface area contributed by atoms with Gasteiger partial charge in [0.1, 0.15) is 6.33 Å². The minimum Gasteiger partial charge on any atom is -0.241 e. The van der Waals surface area contributed by atoms with E-state index in [1.807, 2.05) is 20.8 Å². The van der Waals surface area contributed by atoms with Gasteiger partial charge in [-0.15, -0.1) is 0 Å². The molecular formula is C11H20N2. The SMILES string of the molecule is CC.CCCc1ncnc(C)c1C. The summed E-state index contributed by atoms with van der Waals surface area (Å²) in [5.41, 5.74) is 3.54. The summed E-state index contributed by atoms with van der Waals surface area (Å²) in [7, 11) is 0. The van der Waals surface area contributed by atoms with E-state index >= 15 is 0 Å². The number of hydrogen-bond acceptors (Lipinski definition) is 2. The van der Waals surface area contributed by atoms with Crippen molar-refractivity contribution in [2.45, 2.75) is 47.5 Å². The van der Waals surface area contributed by atoms with Crippen LogP contribution in [0.2, 0.25) is 0 Å². The number of aromatic nitrogens is 2. The molecule has 0 N–H and O–H groups in total. The van der Waals surface area contributed by atoms with Gasteiger partial charge in [0.05, 0.1) is 0 Å². The Labute approximate surface area is 81.4 Å². The Morgan fingerprint density at radius 1 is 1.15 bits per heavy atom. The zero-order valence-corrected chi connectivity index (χ0v) is 9.39. The molecular weight excluding hydrogens is 160 g/mol. The fraction of sp³-hybridized carbons (Fsp3) is 0.636. The molecule has 0 aliphatic heterocycles. The third kappa shape index (κ3) is 3.53. The van der Waals surface area contributed by atoms with Gasteiger partial charge in [0, 0.05) is 11.4 Å². The van der Waals surface area contributed by atoms with Gasteiger partial charge in [0.15, 0.2) is 0 Å². The van der Waals surface area contributed by atoms with Gasteiger partial charge >= 0.3 is 0 Å². The van der Waals surface area contributed by atoms with Crippen LogP contribution in [-0.2, 0) is 6.42 Å². The molecule has 1 rings (SSSR count). The van der Waals surface area contributed by atoms with Gasteiger partial charge in [-0.2, -0.15) is 0 Å². The molecule has 0 bridgehead atoms. The lowest BCUT2D eigenvalue weighted by atomic mass is 10.1. The Kier molecular flexibility index (Phi) is 6.11. The van der Waals surface area contributed by atoms with Gasteiger partial charge in [0.25, 0.3) is 0 Å². The summed E-state index contributed by atoms with van der Waals surface area (Å²) in [6.45, 7) is 10.3. The van der Waals surface area contributed by atoms with Crippen LogP contribution in [0.25, 0.3) is 0 Å². The van der Waals surface area contributed by atoms with Gasteiger partial charge < -0.3 is 0 Å². The summed E-state index contributed by atoms with van der Waals surface area (Å²) in [6.07, 6.45) is 3.86. The molecule has 0 fully saturated rings. The van der Waals surface area contributed by atoms with Crippen molar-refractivity contribution >= 4 is 0 Å². The van der Waals surface area contributed by atoms with Crippen LogP contribution in [0.5, 0.6) is 0 Å². The molecule has 0 atom stereocenters. The highest BCUT2D eigenvalue weighted by Crippen LogP contribution is 2.08. The molecule has 0 radical (unpaired) electrons. The lowest BCUT2D eigenvalue weighted by Gasteiger charge is -2.03. The number of hydrogen-bond donors (Lipinski definition) is 0. The molecule has 0 saturated heterocycles. The second-order valence-corrected chi connectivity index (χ2v) is 2.78. The molecule has 1 aromatic heterocycles. The van der Waals surface area contributed by atoms with E-state index in [1.165, 1.54) is 11.3 Å². The minimum absolute atomic E-state index is 1.06. The number of aryl methyl sites for hydroxylation is 2. The van der Waals surface area contributed by atoms with Gasteiger partial charge in [-0.25, -0.2) is 9.97 Å². The van der Waals surface area contributed by atoms with Crippen LogP contribution in [0.4, 0.5) is 0 Å². The molecule has 0 aliphatic carbocycles. The monoisotopic (exact) mass is 180 g/mol. The predicted octanol–water partition coefficient (Wildman–Crippen LogP) is 3.07. The summed E-state index contributed by atoms with van der Waals surface area (Å²) < 4.78 is 0. The van der Waals surface area contributed by atoms with Crippen molar-refractivity contribution in [3.8, 4) is 0 Å². The third-order valence-electron chi connectivity index (χ3n) is 1.93. The van der Waals surface area contributed by atoms with Crippen LogP contribution in [0.1, 0.15) is 44.1 Å². The van der Waals surface area contributed by atoms with E-state index in [4.69, 9.17) is 0 Å². The van der Waals surface area contributed by atoms with Gasteiger partial charge in [-0.3, -0.25) is 0 Å². The molecule has 0 aromatic carbocycles. The molecule has 2 heteroatoms. The standard InChI is InChI=1S/C9H14N2.C2H6/c1-4-5-9-7(2)8(3)10-6-11-9;1-2/h6H,4-5H2,1-3H3;1-2H3. The highest BCUT2D eigenvalue weighted by Gasteiger charge is 2.00. The van der Waals surface area contributed by atoms with Crippen LogP contribution in [-0.4, -0.2) is 9.97 Å². The fourth-order valence-corrected chi connectivity index (χ4v) is 1.08. The van der Waals surface area contributed by atoms with Crippen LogP contribution in [0.3, 0.4) is 0 Å². The van der Waals surface area contributed by atoms with E-state index in [0.29, 0.717) is 0 Å². The van der Waals surface area contributed by atoms with Crippen molar-refractivity contribution in [1.29, 1.82) is 0 Å². The molecule has 1 heterocycles. The van der Waals surface area contributed by atoms with Gasteiger partial charge in [-0.1, -0.05) is 27.2 Å². The van der Waals surface area contributed by atoms with Crippen molar-refractivity contribution in [2.24, 2.45) is 0 Å². The normalized spacial score (nSPS) is 9.00. The molecule has 74 valence electrons. The first-order valence-electron chi connectivity index (χ1n) is 5.02. The zero-order chi connectivity index (χ0) is 10.3. The Morgan fingerprint density at radius 3 is 2.31 bits per heavy atom. The van der Waals surface area contributed by atoms with E-state index in [1.54, 1.807) is 6.33 Å². The van der Waals surface area contributed by atoms with Crippen molar-refractivity contribution in [3.05, 3.63) is 23.3 Å². The average molecular weight is 180 g/mol. The average Bonchev–Trinajstić information content (AvgIpc) is 2.17. The van der Waals surface area contributed by atoms with Crippen molar-refractivity contribution in [3.63, 3.8) is 0 Å². The first-order chi connectivity index (χ1) is 6.25. The van der Waals surface area contributed by atoms with E-state index in [9.17, 15) is 0 Å². The summed E-state index contributed by atoms with van der Waals surface area (Å²) in [5.74, 6) is 0. The Hall–Kier alpha value is -0.920. The molecule has 0 amide bonds. The summed E-state index contributed by atoms with van der Waals surface area (Å²) in [5, 5.41) is 0. The molecule has 0 aliphatic rings. The van der Waals surface area contributed by atoms with Crippen LogP contribution in [0.15, 0.2) is 6.33 Å². The maximum atomic E-state index is 4.22. The van der Waals surface area contributed by atoms with E-state index in [0.717, 1.165) is 18.5 Å². The molecule has 13 heavy (non-hydrogen) atoms. The smallest absolute Gasteiger partial charge is 0.115 e. The van der Waals surface area contributed by atoms with Crippen molar-refractivity contribution < 1.29 is 0 Å². The van der Waals surface area contributed by atoms with E-state index in [-0.39, 0.29) is 0 Å². The number of nitrogens with zero attached hydrogens (tertiary/aromatic N) is 2. The Balaban J connectivity index is 0.000000671. The van der Waals surface area contributed by atoms with Gasteiger partial charge in [-0.05, 0) is 25.8 Å². The largest absolute Gasteiger partial charge is 0.241 e. The maximum absolute atomic E-state index is 4.22. The minimum atomic E-state index is 1.06. The molecule has 1 aromatic rings. The summed E-state index contributed by atoms with van der Waals surface area (Å²) in [6, 6.07) is 0.